The second kappa shape index (κ2) is 6.39. The third-order valence-electron chi connectivity index (χ3n) is 2.41. The van der Waals surface area contributed by atoms with Crippen LogP contribution >= 0.6 is 0 Å². The van der Waals surface area contributed by atoms with Crippen molar-refractivity contribution in [1.82, 2.24) is 4.90 Å². The van der Waals surface area contributed by atoms with Crippen LogP contribution in [-0.2, 0) is 10.8 Å². The highest BCUT2D eigenvalue weighted by molar-refractivity contribution is 7.84. The van der Waals surface area contributed by atoms with Crippen molar-refractivity contribution in [3.05, 3.63) is 23.8 Å². The fourth-order valence-electron chi connectivity index (χ4n) is 1.43. The van der Waals surface area contributed by atoms with Gasteiger partial charge < -0.3 is 16.0 Å². The maximum atomic E-state index is 11.8. The summed E-state index contributed by atoms with van der Waals surface area (Å²) in [4.78, 5) is 13.3. The number of benzene rings is 1. The van der Waals surface area contributed by atoms with Gasteiger partial charge in [-0.2, -0.15) is 0 Å². The van der Waals surface area contributed by atoms with Gasteiger partial charge in [0.1, 0.15) is 0 Å². The zero-order chi connectivity index (χ0) is 13.7. The van der Waals surface area contributed by atoms with E-state index < -0.39 is 10.8 Å². The Kier molecular flexibility index (Phi) is 5.15. The van der Waals surface area contributed by atoms with Crippen LogP contribution in [0, 0.1) is 0 Å². The largest absolute Gasteiger partial charge is 0.397 e. The van der Waals surface area contributed by atoms with Crippen molar-refractivity contribution >= 4 is 28.1 Å². The molecule has 3 N–H and O–H groups in total. The summed E-state index contributed by atoms with van der Waals surface area (Å²) in [6.07, 6.45) is 1.65. The van der Waals surface area contributed by atoms with E-state index in [0.717, 1.165) is 0 Å². The zero-order valence-electron chi connectivity index (χ0n) is 10.9. The average Bonchev–Trinajstić information content (AvgIpc) is 2.30. The Hall–Kier alpha value is -1.56. The van der Waals surface area contributed by atoms with Crippen LogP contribution in [-0.4, -0.2) is 47.7 Å². The molecule has 1 unspecified atom stereocenters. The molecule has 0 saturated carbocycles. The van der Waals surface area contributed by atoms with E-state index in [0.29, 0.717) is 29.2 Å². The van der Waals surface area contributed by atoms with Crippen LogP contribution < -0.4 is 11.1 Å². The molecule has 1 aromatic rings. The summed E-state index contributed by atoms with van der Waals surface area (Å²) in [7, 11) is 2.56. The molecule has 0 aliphatic carbocycles. The number of carbonyl (C=O) groups is 1. The Morgan fingerprint density at radius 3 is 2.67 bits per heavy atom. The van der Waals surface area contributed by atoms with Gasteiger partial charge in [-0.25, -0.2) is 0 Å². The molecular formula is C12H19N3O2S. The van der Waals surface area contributed by atoms with E-state index in [1.165, 1.54) is 4.90 Å². The molecule has 0 radical (unpaired) electrons. The molecule has 1 amide bonds. The van der Waals surface area contributed by atoms with E-state index in [4.69, 9.17) is 5.73 Å². The van der Waals surface area contributed by atoms with Crippen molar-refractivity contribution in [2.75, 3.05) is 43.7 Å². The molecule has 0 aliphatic rings. The minimum atomic E-state index is -0.846. The normalized spacial score (nSPS) is 11.9. The lowest BCUT2D eigenvalue weighted by molar-refractivity contribution is 0.0827. The van der Waals surface area contributed by atoms with Crippen LogP contribution in [0.4, 0.5) is 11.4 Å². The lowest BCUT2D eigenvalue weighted by Crippen LogP contribution is -2.22. The van der Waals surface area contributed by atoms with E-state index in [1.54, 1.807) is 38.6 Å². The lowest BCUT2D eigenvalue weighted by atomic mass is 10.1. The number of nitrogens with zero attached hydrogens (tertiary/aromatic N) is 1. The van der Waals surface area contributed by atoms with E-state index in [-0.39, 0.29) is 5.91 Å². The third kappa shape index (κ3) is 4.03. The molecule has 1 rings (SSSR count). The van der Waals surface area contributed by atoms with Crippen LogP contribution in [0.1, 0.15) is 10.4 Å². The fourth-order valence-corrected chi connectivity index (χ4v) is 1.82. The molecule has 0 saturated heterocycles. The van der Waals surface area contributed by atoms with Crippen molar-refractivity contribution in [3.8, 4) is 0 Å². The molecule has 0 heterocycles. The molecule has 100 valence electrons. The summed E-state index contributed by atoms with van der Waals surface area (Å²) in [5, 5.41) is 3.09. The summed E-state index contributed by atoms with van der Waals surface area (Å²) < 4.78 is 11.0. The number of nitrogen functional groups attached to an aromatic ring is 1. The molecule has 6 heteroatoms. The van der Waals surface area contributed by atoms with Crippen LogP contribution in [0.25, 0.3) is 0 Å². The smallest absolute Gasteiger partial charge is 0.253 e. The SMILES string of the molecule is CN(C)C(=O)c1ccc(N)c(NCCS(C)=O)c1. The quantitative estimate of drug-likeness (QED) is 0.774. The van der Waals surface area contributed by atoms with Gasteiger partial charge in [0, 0.05) is 49.0 Å². The number of anilines is 2. The number of rotatable bonds is 5. The van der Waals surface area contributed by atoms with Crippen molar-refractivity contribution < 1.29 is 9.00 Å². The summed E-state index contributed by atoms with van der Waals surface area (Å²) in [5.41, 5.74) is 7.68. The van der Waals surface area contributed by atoms with Gasteiger partial charge in [-0.05, 0) is 18.2 Å². The van der Waals surface area contributed by atoms with E-state index in [2.05, 4.69) is 5.32 Å². The summed E-state index contributed by atoms with van der Waals surface area (Å²) >= 11 is 0. The minimum absolute atomic E-state index is 0.0721. The van der Waals surface area contributed by atoms with Gasteiger partial charge in [0.25, 0.3) is 5.91 Å². The molecule has 1 aromatic carbocycles. The lowest BCUT2D eigenvalue weighted by Gasteiger charge is -2.13. The Balaban J connectivity index is 2.81. The molecule has 0 aromatic heterocycles. The van der Waals surface area contributed by atoms with Crippen LogP contribution in [0.5, 0.6) is 0 Å². The van der Waals surface area contributed by atoms with Crippen LogP contribution in [0.3, 0.4) is 0 Å². The number of nitrogens with one attached hydrogen (secondary N) is 1. The van der Waals surface area contributed by atoms with Crippen molar-refractivity contribution in [2.45, 2.75) is 0 Å². The van der Waals surface area contributed by atoms with Crippen LogP contribution in [0.2, 0.25) is 0 Å². The standard InChI is InChI=1S/C12H19N3O2S/c1-15(2)12(16)9-4-5-10(13)11(8-9)14-6-7-18(3)17/h4-5,8,14H,6-7,13H2,1-3H3. The highest BCUT2D eigenvalue weighted by atomic mass is 32.2. The van der Waals surface area contributed by atoms with Gasteiger partial charge in [-0.15, -0.1) is 0 Å². The van der Waals surface area contributed by atoms with Crippen molar-refractivity contribution in [2.24, 2.45) is 0 Å². The summed E-state index contributed by atoms with van der Waals surface area (Å²) in [5.74, 6) is 0.475. The molecule has 18 heavy (non-hydrogen) atoms. The maximum Gasteiger partial charge on any atom is 0.253 e. The number of carbonyl (C=O) groups excluding carboxylic acids is 1. The molecule has 0 fully saturated rings. The first kappa shape index (κ1) is 14.5. The van der Waals surface area contributed by atoms with Gasteiger partial charge in [-0.1, -0.05) is 0 Å². The van der Waals surface area contributed by atoms with Crippen molar-refractivity contribution in [1.29, 1.82) is 0 Å². The van der Waals surface area contributed by atoms with E-state index >= 15 is 0 Å². The summed E-state index contributed by atoms with van der Waals surface area (Å²) in [6.45, 7) is 0.562. The molecule has 1 atom stereocenters. The van der Waals surface area contributed by atoms with Gasteiger partial charge in [0.2, 0.25) is 0 Å². The minimum Gasteiger partial charge on any atom is -0.397 e. The number of amides is 1. The van der Waals surface area contributed by atoms with Gasteiger partial charge in [-0.3, -0.25) is 9.00 Å². The first-order chi connectivity index (χ1) is 8.41. The number of hydrogen-bond acceptors (Lipinski definition) is 4. The fraction of sp³-hybridized carbons (Fsp3) is 0.417. The zero-order valence-corrected chi connectivity index (χ0v) is 11.7. The molecule has 0 spiro atoms. The van der Waals surface area contributed by atoms with Gasteiger partial charge in [0.05, 0.1) is 11.4 Å². The topological polar surface area (TPSA) is 75.4 Å². The Morgan fingerprint density at radius 1 is 1.44 bits per heavy atom. The molecule has 0 bridgehead atoms. The Bertz CT molecular complexity index is 461. The first-order valence-corrected chi connectivity index (χ1v) is 7.29. The predicted molar refractivity (Wildman–Crippen MR) is 76.3 cm³/mol. The number of nitrogens with two attached hydrogens (primary N) is 1. The third-order valence-corrected chi connectivity index (χ3v) is 3.19. The second-order valence-electron chi connectivity index (χ2n) is 4.21. The number of hydrogen-bond donors (Lipinski definition) is 2. The second-order valence-corrected chi connectivity index (χ2v) is 5.76. The highest BCUT2D eigenvalue weighted by Gasteiger charge is 2.10. The summed E-state index contributed by atoms with van der Waals surface area (Å²) in [6, 6.07) is 5.11. The molecule has 0 aliphatic heterocycles. The maximum absolute atomic E-state index is 11.8. The highest BCUT2D eigenvalue weighted by Crippen LogP contribution is 2.20. The Labute approximate surface area is 110 Å². The van der Waals surface area contributed by atoms with Gasteiger partial charge >= 0.3 is 0 Å². The van der Waals surface area contributed by atoms with Crippen LogP contribution in [0.15, 0.2) is 18.2 Å². The van der Waals surface area contributed by atoms with E-state index in [9.17, 15) is 9.00 Å². The van der Waals surface area contributed by atoms with Gasteiger partial charge in [0.15, 0.2) is 0 Å². The Morgan fingerprint density at radius 2 is 2.11 bits per heavy atom. The predicted octanol–water partition coefficient (Wildman–Crippen LogP) is 0.761. The molecule has 5 nitrogen and oxygen atoms in total. The molecular weight excluding hydrogens is 250 g/mol. The average molecular weight is 269 g/mol. The monoisotopic (exact) mass is 269 g/mol. The first-order valence-electron chi connectivity index (χ1n) is 5.57. The van der Waals surface area contributed by atoms with Crippen molar-refractivity contribution in [3.63, 3.8) is 0 Å². The van der Waals surface area contributed by atoms with E-state index in [1.807, 2.05) is 0 Å².